The van der Waals surface area contributed by atoms with Crippen LogP contribution in [0.25, 0.3) is 0 Å². The van der Waals surface area contributed by atoms with Gasteiger partial charge >= 0.3 is 5.69 Å². The lowest BCUT2D eigenvalue weighted by Gasteiger charge is -2.34. The second kappa shape index (κ2) is 7.83. The molecule has 1 aliphatic rings. The topological polar surface area (TPSA) is 84.5 Å². The highest BCUT2D eigenvalue weighted by molar-refractivity contribution is 5.76. The van der Waals surface area contributed by atoms with E-state index < -0.39 is 4.92 Å². The van der Waals surface area contributed by atoms with E-state index in [2.05, 4.69) is 10.00 Å². The Labute approximate surface area is 156 Å². The van der Waals surface area contributed by atoms with Crippen molar-refractivity contribution < 1.29 is 14.1 Å². The van der Waals surface area contributed by atoms with Crippen molar-refractivity contribution in [1.29, 1.82) is 0 Å². The summed E-state index contributed by atoms with van der Waals surface area (Å²) in [5, 5.41) is 15.2. The first-order chi connectivity index (χ1) is 12.9. The molecule has 1 fully saturated rings. The molecule has 2 aromatic rings. The number of nitro groups is 1. The van der Waals surface area contributed by atoms with Gasteiger partial charge in [-0.05, 0) is 19.9 Å². The lowest BCUT2D eigenvalue weighted by Crippen LogP contribution is -2.49. The number of aromatic nitrogens is 2. The molecule has 0 bridgehead atoms. The maximum atomic E-state index is 13.8. The Morgan fingerprint density at radius 3 is 2.48 bits per heavy atom. The van der Waals surface area contributed by atoms with Crippen LogP contribution in [0.15, 0.2) is 24.3 Å². The minimum atomic E-state index is -0.472. The predicted octanol–water partition coefficient (Wildman–Crippen LogP) is 1.89. The number of nitrogens with zero attached hydrogens (tertiary/aromatic N) is 5. The van der Waals surface area contributed by atoms with Crippen LogP contribution in [0.4, 0.5) is 10.1 Å². The number of amides is 1. The maximum absolute atomic E-state index is 13.8. The van der Waals surface area contributed by atoms with Crippen molar-refractivity contribution in [2.45, 2.75) is 26.9 Å². The first-order valence-corrected chi connectivity index (χ1v) is 8.78. The molecule has 9 heteroatoms. The Hall–Kier alpha value is -2.81. The number of rotatable bonds is 5. The third kappa shape index (κ3) is 4.13. The van der Waals surface area contributed by atoms with E-state index in [-0.39, 0.29) is 24.0 Å². The first-order valence-electron chi connectivity index (χ1n) is 8.78. The van der Waals surface area contributed by atoms with Gasteiger partial charge < -0.3 is 4.90 Å². The van der Waals surface area contributed by atoms with Crippen LogP contribution in [0.5, 0.6) is 0 Å². The fraction of sp³-hybridized carbons (Fsp3) is 0.444. The second-order valence-electron chi connectivity index (χ2n) is 6.68. The minimum Gasteiger partial charge on any atom is -0.339 e. The van der Waals surface area contributed by atoms with Crippen molar-refractivity contribution in [2.75, 3.05) is 26.2 Å². The molecule has 1 amide bonds. The number of carbonyl (C=O) groups is 1. The van der Waals surface area contributed by atoms with E-state index in [9.17, 15) is 19.3 Å². The van der Waals surface area contributed by atoms with E-state index in [0.29, 0.717) is 49.7 Å². The summed E-state index contributed by atoms with van der Waals surface area (Å²) >= 11 is 0. The zero-order chi connectivity index (χ0) is 19.6. The van der Waals surface area contributed by atoms with E-state index >= 15 is 0 Å². The minimum absolute atomic E-state index is 0.0200. The summed E-state index contributed by atoms with van der Waals surface area (Å²) in [5.41, 5.74) is 1.29. The van der Waals surface area contributed by atoms with Gasteiger partial charge in [-0.2, -0.15) is 5.10 Å². The van der Waals surface area contributed by atoms with Gasteiger partial charge in [-0.25, -0.2) is 4.39 Å². The average molecular weight is 375 g/mol. The molecule has 0 aliphatic carbocycles. The van der Waals surface area contributed by atoms with Crippen molar-refractivity contribution in [3.63, 3.8) is 0 Å². The van der Waals surface area contributed by atoms with E-state index in [1.807, 2.05) is 6.07 Å². The van der Waals surface area contributed by atoms with Crippen LogP contribution in [-0.4, -0.2) is 56.6 Å². The highest BCUT2D eigenvalue weighted by Crippen LogP contribution is 2.22. The monoisotopic (exact) mass is 375 g/mol. The normalized spacial score (nSPS) is 15.1. The summed E-state index contributed by atoms with van der Waals surface area (Å²) in [5.74, 6) is -0.344. The molecule has 0 saturated carbocycles. The van der Waals surface area contributed by atoms with E-state index in [1.54, 1.807) is 30.9 Å². The SMILES string of the molecule is Cc1nn(CC(=O)N2CCN(Cc3ccccc3F)CC2)c(C)c1[N+](=O)[O-]. The van der Waals surface area contributed by atoms with Gasteiger partial charge in [0.2, 0.25) is 5.91 Å². The highest BCUT2D eigenvalue weighted by atomic mass is 19.1. The number of carbonyl (C=O) groups excluding carboxylic acids is 1. The molecule has 2 heterocycles. The summed E-state index contributed by atoms with van der Waals surface area (Å²) in [7, 11) is 0. The zero-order valence-corrected chi connectivity index (χ0v) is 15.4. The number of piperazine rings is 1. The molecule has 0 N–H and O–H groups in total. The van der Waals surface area contributed by atoms with Gasteiger partial charge in [0, 0.05) is 38.3 Å². The van der Waals surface area contributed by atoms with E-state index in [0.717, 1.165) is 0 Å². The number of halogens is 1. The molecule has 3 rings (SSSR count). The Morgan fingerprint density at radius 1 is 1.22 bits per heavy atom. The Kier molecular flexibility index (Phi) is 5.50. The molecule has 1 aromatic carbocycles. The van der Waals surface area contributed by atoms with Crippen LogP contribution in [0, 0.1) is 29.8 Å². The van der Waals surface area contributed by atoms with Crippen LogP contribution in [0.3, 0.4) is 0 Å². The maximum Gasteiger partial charge on any atom is 0.312 e. The summed E-state index contributed by atoms with van der Waals surface area (Å²) < 4.78 is 15.2. The fourth-order valence-electron chi connectivity index (χ4n) is 3.36. The van der Waals surface area contributed by atoms with Crippen LogP contribution in [0.1, 0.15) is 17.0 Å². The van der Waals surface area contributed by atoms with Gasteiger partial charge in [-0.3, -0.25) is 24.5 Å². The summed E-state index contributed by atoms with van der Waals surface area (Å²) in [6.07, 6.45) is 0. The van der Waals surface area contributed by atoms with Crippen molar-refractivity contribution in [1.82, 2.24) is 19.6 Å². The number of benzene rings is 1. The Morgan fingerprint density at radius 2 is 1.89 bits per heavy atom. The second-order valence-corrected chi connectivity index (χ2v) is 6.68. The number of hydrogen-bond donors (Lipinski definition) is 0. The molecule has 27 heavy (non-hydrogen) atoms. The summed E-state index contributed by atoms with van der Waals surface area (Å²) in [6.45, 7) is 6.02. The van der Waals surface area contributed by atoms with Crippen LogP contribution in [0.2, 0.25) is 0 Å². The number of aryl methyl sites for hydroxylation is 1. The molecule has 0 radical (unpaired) electrons. The Balaban J connectivity index is 1.57. The highest BCUT2D eigenvalue weighted by Gasteiger charge is 2.26. The van der Waals surface area contributed by atoms with Gasteiger partial charge in [0.25, 0.3) is 0 Å². The molecule has 144 valence electrons. The lowest BCUT2D eigenvalue weighted by atomic mass is 10.2. The van der Waals surface area contributed by atoms with Crippen LogP contribution >= 0.6 is 0 Å². The summed E-state index contributed by atoms with van der Waals surface area (Å²) in [6, 6.07) is 6.69. The molecular formula is C18H22FN5O3. The van der Waals surface area contributed by atoms with Crippen LogP contribution in [-0.2, 0) is 17.9 Å². The summed E-state index contributed by atoms with van der Waals surface area (Å²) in [4.78, 5) is 27.0. The zero-order valence-electron chi connectivity index (χ0n) is 15.4. The molecule has 1 aliphatic heterocycles. The van der Waals surface area contributed by atoms with Gasteiger partial charge in [0.15, 0.2) is 0 Å². The standard InChI is InChI=1S/C18H22FN5O3/c1-13-18(24(26)27)14(2)23(20-13)12-17(25)22-9-7-21(8-10-22)11-15-5-3-4-6-16(15)19/h3-6H,7-12H2,1-2H3. The molecule has 0 unspecified atom stereocenters. The van der Waals surface area contributed by atoms with Crippen molar-refractivity contribution in [3.8, 4) is 0 Å². The van der Waals surface area contributed by atoms with Gasteiger partial charge in [-0.15, -0.1) is 0 Å². The molecule has 1 saturated heterocycles. The smallest absolute Gasteiger partial charge is 0.312 e. The van der Waals surface area contributed by atoms with E-state index in [1.165, 1.54) is 10.7 Å². The molecule has 8 nitrogen and oxygen atoms in total. The molecular weight excluding hydrogens is 353 g/mol. The first kappa shape index (κ1) is 19.0. The number of hydrogen-bond acceptors (Lipinski definition) is 5. The fourth-order valence-corrected chi connectivity index (χ4v) is 3.36. The van der Waals surface area contributed by atoms with Gasteiger partial charge in [-0.1, -0.05) is 18.2 Å². The third-order valence-electron chi connectivity index (χ3n) is 4.89. The molecule has 0 atom stereocenters. The van der Waals surface area contributed by atoms with Gasteiger partial charge in [0.05, 0.1) is 4.92 Å². The van der Waals surface area contributed by atoms with Crippen molar-refractivity contribution in [2.24, 2.45) is 0 Å². The molecule has 1 aromatic heterocycles. The van der Waals surface area contributed by atoms with Crippen molar-refractivity contribution >= 4 is 11.6 Å². The van der Waals surface area contributed by atoms with E-state index in [4.69, 9.17) is 0 Å². The Bertz CT molecular complexity index is 859. The van der Waals surface area contributed by atoms with Crippen LogP contribution < -0.4 is 0 Å². The molecule has 0 spiro atoms. The largest absolute Gasteiger partial charge is 0.339 e. The van der Waals surface area contributed by atoms with Crippen molar-refractivity contribution in [3.05, 3.63) is 57.1 Å². The average Bonchev–Trinajstić information content (AvgIpc) is 2.91. The van der Waals surface area contributed by atoms with Gasteiger partial charge in [0.1, 0.15) is 23.7 Å². The predicted molar refractivity (Wildman–Crippen MR) is 96.6 cm³/mol. The third-order valence-corrected chi connectivity index (χ3v) is 4.89. The quantitative estimate of drug-likeness (QED) is 0.589. The lowest BCUT2D eigenvalue weighted by molar-refractivity contribution is -0.386.